The lowest BCUT2D eigenvalue weighted by molar-refractivity contribution is 0.358. The fourth-order valence-electron chi connectivity index (χ4n) is 1.51. The van der Waals surface area contributed by atoms with Gasteiger partial charge in [0.15, 0.2) is 0 Å². The summed E-state index contributed by atoms with van der Waals surface area (Å²) in [6.45, 7) is 1.07. The van der Waals surface area contributed by atoms with E-state index in [2.05, 4.69) is 0 Å². The average molecular weight is 287 g/mol. The predicted octanol–water partition coefficient (Wildman–Crippen LogP) is 0.460. The van der Waals surface area contributed by atoms with Crippen LogP contribution in [0.2, 0.25) is 0 Å². The highest BCUT2D eigenvalue weighted by molar-refractivity contribution is 7.89. The van der Waals surface area contributed by atoms with Crippen LogP contribution in [0.3, 0.4) is 0 Å². The molecule has 0 atom stereocenters. The summed E-state index contributed by atoms with van der Waals surface area (Å²) in [6, 6.07) is 4.47. The molecule has 0 saturated carbocycles. The molecule has 0 aromatic heterocycles. The molecule has 0 aliphatic carbocycles. The van der Waals surface area contributed by atoms with E-state index in [-0.39, 0.29) is 4.90 Å². The summed E-state index contributed by atoms with van der Waals surface area (Å²) in [5, 5.41) is 0. The average Bonchev–Trinajstić information content (AvgIpc) is 2.35. The minimum absolute atomic E-state index is 0.173. The molecule has 0 aliphatic rings. The highest BCUT2D eigenvalue weighted by Gasteiger charge is 2.21. The van der Waals surface area contributed by atoms with E-state index in [4.69, 9.17) is 10.5 Å². The third-order valence-electron chi connectivity index (χ3n) is 2.77. The first kappa shape index (κ1) is 15.7. The van der Waals surface area contributed by atoms with Gasteiger partial charge >= 0.3 is 0 Å². The van der Waals surface area contributed by atoms with Gasteiger partial charge in [-0.05, 0) is 32.3 Å². The highest BCUT2D eigenvalue weighted by atomic mass is 32.2. The number of nitrogens with two attached hydrogens (primary N) is 1. The molecule has 6 nitrogen and oxygen atoms in total. The van der Waals surface area contributed by atoms with Gasteiger partial charge in [-0.25, -0.2) is 8.42 Å². The quantitative estimate of drug-likeness (QED) is 0.769. The monoisotopic (exact) mass is 287 g/mol. The number of methoxy groups -OCH3 is 1. The van der Waals surface area contributed by atoms with Crippen molar-refractivity contribution in [1.82, 2.24) is 9.21 Å². The number of nitrogens with zero attached hydrogens (tertiary/aromatic N) is 2. The number of nitrogen functional groups attached to an aromatic ring is 1. The molecule has 108 valence electrons. The van der Waals surface area contributed by atoms with E-state index >= 15 is 0 Å². The van der Waals surface area contributed by atoms with Crippen LogP contribution in [0.1, 0.15) is 0 Å². The van der Waals surface area contributed by atoms with Crippen LogP contribution in [0.25, 0.3) is 0 Å². The summed E-state index contributed by atoms with van der Waals surface area (Å²) >= 11 is 0. The first-order chi connectivity index (χ1) is 8.78. The molecule has 0 heterocycles. The minimum Gasteiger partial charge on any atom is -0.495 e. The number of ether oxygens (including phenoxy) is 1. The van der Waals surface area contributed by atoms with Crippen molar-refractivity contribution in [2.24, 2.45) is 0 Å². The van der Waals surface area contributed by atoms with Crippen molar-refractivity contribution >= 4 is 15.7 Å². The zero-order valence-corrected chi connectivity index (χ0v) is 12.6. The summed E-state index contributed by atoms with van der Waals surface area (Å²) in [4.78, 5) is 2.10. The first-order valence-electron chi connectivity index (χ1n) is 5.83. The highest BCUT2D eigenvalue weighted by Crippen LogP contribution is 2.25. The van der Waals surface area contributed by atoms with Crippen LogP contribution < -0.4 is 10.5 Å². The lowest BCUT2D eigenvalue weighted by Gasteiger charge is -2.19. The molecule has 0 bridgehead atoms. The van der Waals surface area contributed by atoms with Crippen LogP contribution in [0.5, 0.6) is 5.75 Å². The summed E-state index contributed by atoms with van der Waals surface area (Å²) in [6.07, 6.45) is 0. The van der Waals surface area contributed by atoms with Crippen molar-refractivity contribution in [2.45, 2.75) is 4.90 Å². The second-order valence-corrected chi connectivity index (χ2v) is 6.58. The Kier molecular flexibility index (Phi) is 5.16. The van der Waals surface area contributed by atoms with E-state index in [1.54, 1.807) is 13.1 Å². The molecule has 0 fully saturated rings. The maximum Gasteiger partial charge on any atom is 0.242 e. The molecule has 0 spiro atoms. The summed E-state index contributed by atoms with van der Waals surface area (Å²) in [5.74, 6) is 0.467. The third kappa shape index (κ3) is 3.82. The molecule has 19 heavy (non-hydrogen) atoms. The molecular weight excluding hydrogens is 266 g/mol. The molecule has 1 aromatic carbocycles. The van der Waals surface area contributed by atoms with E-state index in [1.807, 2.05) is 19.0 Å². The number of likely N-dealkylation sites (N-methyl/N-ethyl adjacent to an activating group) is 2. The van der Waals surface area contributed by atoms with Gasteiger partial charge in [0, 0.05) is 20.1 Å². The number of hydrogen-bond acceptors (Lipinski definition) is 5. The molecule has 0 amide bonds. The van der Waals surface area contributed by atoms with Gasteiger partial charge in [-0.1, -0.05) is 0 Å². The largest absolute Gasteiger partial charge is 0.495 e. The van der Waals surface area contributed by atoms with Crippen molar-refractivity contribution < 1.29 is 13.2 Å². The number of sulfonamides is 1. The van der Waals surface area contributed by atoms with Gasteiger partial charge in [-0.15, -0.1) is 0 Å². The fraction of sp³-hybridized carbons (Fsp3) is 0.500. The van der Waals surface area contributed by atoms with Gasteiger partial charge in [0.2, 0.25) is 10.0 Å². The van der Waals surface area contributed by atoms with E-state index in [9.17, 15) is 8.42 Å². The second-order valence-electron chi connectivity index (χ2n) is 4.53. The smallest absolute Gasteiger partial charge is 0.242 e. The van der Waals surface area contributed by atoms with Gasteiger partial charge in [0.25, 0.3) is 0 Å². The molecule has 7 heteroatoms. The van der Waals surface area contributed by atoms with Crippen molar-refractivity contribution in [2.75, 3.05) is 47.1 Å². The van der Waals surface area contributed by atoms with Crippen molar-refractivity contribution in [3.63, 3.8) is 0 Å². The standard InChI is InChI=1S/C12H21N3O3S/c1-14(2)7-8-15(3)19(16,17)10-5-6-12(18-4)11(13)9-10/h5-6,9H,7-8,13H2,1-4H3. The molecule has 0 radical (unpaired) electrons. The van der Waals surface area contributed by atoms with Gasteiger partial charge < -0.3 is 15.4 Å². The molecule has 0 saturated heterocycles. The minimum atomic E-state index is -3.51. The third-order valence-corrected chi connectivity index (χ3v) is 4.62. The molecule has 1 rings (SSSR count). The Labute approximate surface area is 114 Å². The van der Waals surface area contributed by atoms with E-state index < -0.39 is 10.0 Å². The van der Waals surface area contributed by atoms with Gasteiger partial charge in [-0.3, -0.25) is 0 Å². The summed E-state index contributed by atoms with van der Waals surface area (Å²) in [5.41, 5.74) is 6.04. The van der Waals surface area contributed by atoms with Crippen molar-refractivity contribution in [1.29, 1.82) is 0 Å². The Hall–Kier alpha value is -1.31. The second kappa shape index (κ2) is 6.23. The van der Waals surface area contributed by atoms with Gasteiger partial charge in [0.05, 0.1) is 17.7 Å². The van der Waals surface area contributed by atoms with E-state index in [1.165, 1.54) is 23.5 Å². The Morgan fingerprint density at radius 2 is 1.84 bits per heavy atom. The fourth-order valence-corrected chi connectivity index (χ4v) is 2.71. The zero-order chi connectivity index (χ0) is 14.6. The lowest BCUT2D eigenvalue weighted by atomic mass is 10.3. The maximum absolute atomic E-state index is 12.3. The number of anilines is 1. The Morgan fingerprint density at radius 3 is 2.32 bits per heavy atom. The van der Waals surface area contributed by atoms with Gasteiger partial charge in [-0.2, -0.15) is 4.31 Å². The normalized spacial score (nSPS) is 12.1. The number of rotatable bonds is 6. The maximum atomic E-state index is 12.3. The molecular formula is C12H21N3O3S. The molecule has 1 aromatic rings. The predicted molar refractivity (Wildman–Crippen MR) is 75.8 cm³/mol. The van der Waals surface area contributed by atoms with E-state index in [0.717, 1.165) is 0 Å². The number of benzene rings is 1. The van der Waals surface area contributed by atoms with Crippen LogP contribution in [-0.4, -0.2) is 59.0 Å². The lowest BCUT2D eigenvalue weighted by Crippen LogP contribution is -2.33. The van der Waals surface area contributed by atoms with Crippen LogP contribution in [0.4, 0.5) is 5.69 Å². The topological polar surface area (TPSA) is 75.9 Å². The summed E-state index contributed by atoms with van der Waals surface area (Å²) in [7, 11) is 3.32. The molecule has 0 aliphatic heterocycles. The van der Waals surface area contributed by atoms with Crippen LogP contribution in [0.15, 0.2) is 23.1 Å². The Balaban J connectivity index is 2.96. The first-order valence-corrected chi connectivity index (χ1v) is 7.27. The Bertz CT molecular complexity index is 529. The molecule has 0 unspecified atom stereocenters. The number of hydrogen-bond donors (Lipinski definition) is 1. The zero-order valence-electron chi connectivity index (χ0n) is 11.8. The van der Waals surface area contributed by atoms with Gasteiger partial charge in [0.1, 0.15) is 5.75 Å². The van der Waals surface area contributed by atoms with Crippen LogP contribution in [0, 0.1) is 0 Å². The molecule has 2 N–H and O–H groups in total. The Morgan fingerprint density at radius 1 is 1.21 bits per heavy atom. The van der Waals surface area contributed by atoms with Crippen LogP contribution >= 0.6 is 0 Å². The van der Waals surface area contributed by atoms with Crippen molar-refractivity contribution in [3.8, 4) is 5.75 Å². The van der Waals surface area contributed by atoms with Crippen LogP contribution in [-0.2, 0) is 10.0 Å². The van der Waals surface area contributed by atoms with E-state index in [0.29, 0.717) is 24.5 Å². The SMILES string of the molecule is COc1ccc(S(=O)(=O)N(C)CCN(C)C)cc1N. The summed E-state index contributed by atoms with van der Waals surface area (Å²) < 4.78 is 30.9. The van der Waals surface area contributed by atoms with Crippen molar-refractivity contribution in [3.05, 3.63) is 18.2 Å².